The molecule has 0 bridgehead atoms. The van der Waals surface area contributed by atoms with Crippen LogP contribution in [0.1, 0.15) is 39.3 Å². The summed E-state index contributed by atoms with van der Waals surface area (Å²) in [5.74, 6) is 2.16. The normalized spacial score (nSPS) is 21.9. The number of guanidine groups is 1. The Labute approximate surface area is 143 Å². The zero-order valence-electron chi connectivity index (χ0n) is 15.4. The zero-order chi connectivity index (χ0) is 17.9. The number of hydrogen-bond acceptors (Lipinski definition) is 5. The van der Waals surface area contributed by atoms with Crippen LogP contribution in [0.4, 0.5) is 0 Å². The van der Waals surface area contributed by atoms with E-state index in [0.717, 1.165) is 18.3 Å². The van der Waals surface area contributed by atoms with Crippen LogP contribution in [0.3, 0.4) is 0 Å². The first kappa shape index (κ1) is 18.3. The number of nitrogens with one attached hydrogen (secondary N) is 1. The predicted molar refractivity (Wildman–Crippen MR) is 91.6 cm³/mol. The number of oxazole rings is 1. The van der Waals surface area contributed by atoms with Crippen molar-refractivity contribution >= 4 is 11.9 Å². The third kappa shape index (κ3) is 4.07. The second-order valence-corrected chi connectivity index (χ2v) is 7.28. The molecule has 1 fully saturated rings. The number of nitrogens with zero attached hydrogens (tertiary/aromatic N) is 3. The van der Waals surface area contributed by atoms with E-state index in [0.29, 0.717) is 19.0 Å². The van der Waals surface area contributed by atoms with Gasteiger partial charge in [-0.1, -0.05) is 27.7 Å². The number of hydrogen-bond donors (Lipinski definition) is 1. The highest BCUT2D eigenvalue weighted by molar-refractivity contribution is 5.82. The number of esters is 1. The summed E-state index contributed by atoms with van der Waals surface area (Å²) in [5, 5.41) is 3.26. The molecule has 1 aliphatic rings. The molecule has 1 saturated heterocycles. The summed E-state index contributed by atoms with van der Waals surface area (Å²) in [6.07, 6.45) is 1.77. The largest absolute Gasteiger partial charge is 0.469 e. The molecule has 7 nitrogen and oxygen atoms in total. The van der Waals surface area contributed by atoms with Gasteiger partial charge in [0.15, 0.2) is 5.96 Å². The molecule has 24 heavy (non-hydrogen) atoms. The van der Waals surface area contributed by atoms with Crippen LogP contribution in [0.2, 0.25) is 0 Å². The molecular weight excluding hydrogens is 308 g/mol. The summed E-state index contributed by atoms with van der Waals surface area (Å²) < 4.78 is 10.7. The molecule has 0 spiro atoms. The van der Waals surface area contributed by atoms with Gasteiger partial charge in [0, 0.05) is 25.6 Å². The molecule has 1 aromatic rings. The van der Waals surface area contributed by atoms with E-state index >= 15 is 0 Å². The molecule has 0 aliphatic carbocycles. The fraction of sp³-hybridized carbons (Fsp3) is 0.706. The van der Waals surface area contributed by atoms with Crippen LogP contribution in [0.5, 0.6) is 0 Å². The summed E-state index contributed by atoms with van der Waals surface area (Å²) in [6.45, 7) is 10.1. The molecule has 0 radical (unpaired) electrons. The fourth-order valence-electron chi connectivity index (χ4n) is 2.82. The lowest BCUT2D eigenvalue weighted by Gasteiger charge is -2.21. The second kappa shape index (κ2) is 7.23. The van der Waals surface area contributed by atoms with Gasteiger partial charge in [-0.3, -0.25) is 9.79 Å². The third-order valence-corrected chi connectivity index (χ3v) is 4.32. The molecule has 1 aromatic heterocycles. The Bertz CT molecular complexity index is 603. The van der Waals surface area contributed by atoms with E-state index in [1.165, 1.54) is 7.11 Å². The summed E-state index contributed by atoms with van der Waals surface area (Å²) in [5.41, 5.74) is -0.0644. The summed E-state index contributed by atoms with van der Waals surface area (Å²) in [6, 6.07) is 0. The van der Waals surface area contributed by atoms with Crippen molar-refractivity contribution in [1.29, 1.82) is 0 Å². The number of aliphatic imine (C=N–C) groups is 1. The molecule has 2 atom stereocenters. The van der Waals surface area contributed by atoms with E-state index in [-0.39, 0.29) is 23.2 Å². The van der Waals surface area contributed by atoms with E-state index < -0.39 is 0 Å². The van der Waals surface area contributed by atoms with Gasteiger partial charge >= 0.3 is 5.97 Å². The second-order valence-electron chi connectivity index (χ2n) is 7.28. The van der Waals surface area contributed by atoms with E-state index in [9.17, 15) is 4.79 Å². The summed E-state index contributed by atoms with van der Waals surface area (Å²) >= 11 is 0. The Morgan fingerprint density at radius 3 is 2.75 bits per heavy atom. The van der Waals surface area contributed by atoms with Crippen LogP contribution >= 0.6 is 0 Å². The third-order valence-electron chi connectivity index (χ3n) is 4.32. The highest BCUT2D eigenvalue weighted by Gasteiger charge is 2.36. The first-order valence-electron chi connectivity index (χ1n) is 8.25. The van der Waals surface area contributed by atoms with Gasteiger partial charge in [0.1, 0.15) is 5.76 Å². The Morgan fingerprint density at radius 1 is 1.50 bits per heavy atom. The van der Waals surface area contributed by atoms with Gasteiger partial charge in [-0.25, -0.2) is 4.98 Å². The van der Waals surface area contributed by atoms with E-state index in [4.69, 9.17) is 9.15 Å². The van der Waals surface area contributed by atoms with E-state index in [2.05, 4.69) is 47.9 Å². The van der Waals surface area contributed by atoms with Gasteiger partial charge in [0.25, 0.3) is 0 Å². The number of methoxy groups -OCH3 is 1. The molecule has 134 valence electrons. The Morgan fingerprint density at radius 2 is 2.21 bits per heavy atom. The first-order valence-corrected chi connectivity index (χ1v) is 8.25. The van der Waals surface area contributed by atoms with Gasteiger partial charge in [-0.05, 0) is 5.92 Å². The quantitative estimate of drug-likeness (QED) is 0.515. The number of ether oxygens (including phenoxy) is 1. The van der Waals surface area contributed by atoms with Crippen molar-refractivity contribution in [2.45, 2.75) is 39.7 Å². The molecule has 0 saturated carbocycles. The molecule has 1 aliphatic heterocycles. The van der Waals surface area contributed by atoms with Crippen molar-refractivity contribution in [3.63, 3.8) is 0 Å². The molecule has 0 aromatic carbocycles. The predicted octanol–water partition coefficient (Wildman–Crippen LogP) is 1.79. The van der Waals surface area contributed by atoms with E-state index in [1.807, 2.05) is 0 Å². The maximum absolute atomic E-state index is 11.8. The van der Waals surface area contributed by atoms with Crippen molar-refractivity contribution in [2.24, 2.45) is 16.8 Å². The maximum Gasteiger partial charge on any atom is 0.310 e. The minimum atomic E-state index is -0.164. The number of likely N-dealkylation sites (tertiary alicyclic amines) is 1. The highest BCUT2D eigenvalue weighted by atomic mass is 16.5. The standard InChI is InChI=1S/C17H28N4O3/c1-11-9-21(10-12(11)15(22)23-6)16(18-5)20-8-14-19-7-13(24-14)17(2,3)4/h7,11-12H,8-10H2,1-6H3,(H,18,20). The summed E-state index contributed by atoms with van der Waals surface area (Å²) in [7, 11) is 3.16. The van der Waals surface area contributed by atoms with Crippen molar-refractivity contribution < 1.29 is 13.9 Å². The van der Waals surface area contributed by atoms with Crippen molar-refractivity contribution in [1.82, 2.24) is 15.2 Å². The molecule has 0 amide bonds. The lowest BCUT2D eigenvalue weighted by atomic mass is 9.94. The lowest BCUT2D eigenvalue weighted by Crippen LogP contribution is -2.40. The molecule has 7 heteroatoms. The molecule has 2 unspecified atom stereocenters. The molecule has 1 N–H and O–H groups in total. The number of carbonyl (C=O) groups is 1. The van der Waals surface area contributed by atoms with Gasteiger partial charge in [0.05, 0.1) is 25.8 Å². The average Bonchev–Trinajstić information content (AvgIpc) is 3.14. The van der Waals surface area contributed by atoms with Crippen molar-refractivity contribution in [2.75, 3.05) is 27.2 Å². The highest BCUT2D eigenvalue weighted by Crippen LogP contribution is 2.25. The van der Waals surface area contributed by atoms with Crippen LogP contribution in [-0.2, 0) is 21.5 Å². The van der Waals surface area contributed by atoms with Crippen LogP contribution in [0.15, 0.2) is 15.6 Å². The smallest absolute Gasteiger partial charge is 0.310 e. The van der Waals surface area contributed by atoms with Crippen molar-refractivity contribution in [3.8, 4) is 0 Å². The zero-order valence-corrected chi connectivity index (χ0v) is 15.4. The molecular formula is C17H28N4O3. The van der Waals surface area contributed by atoms with Crippen molar-refractivity contribution in [3.05, 3.63) is 17.8 Å². The maximum atomic E-state index is 11.8. The van der Waals surface area contributed by atoms with Gasteiger partial charge in [0.2, 0.25) is 5.89 Å². The monoisotopic (exact) mass is 336 g/mol. The van der Waals surface area contributed by atoms with Crippen LogP contribution in [-0.4, -0.2) is 49.1 Å². The minimum absolute atomic E-state index is 0.0644. The number of rotatable bonds is 3. The van der Waals surface area contributed by atoms with Crippen LogP contribution < -0.4 is 5.32 Å². The van der Waals surface area contributed by atoms with Gasteiger partial charge in [-0.15, -0.1) is 0 Å². The Balaban J connectivity index is 1.96. The molecule has 2 rings (SSSR count). The molecule has 2 heterocycles. The van der Waals surface area contributed by atoms with Gasteiger partial charge in [-0.2, -0.15) is 0 Å². The minimum Gasteiger partial charge on any atom is -0.469 e. The SMILES string of the molecule is CN=C(NCc1ncc(C(C)(C)C)o1)N1CC(C)C(C(=O)OC)C1. The average molecular weight is 336 g/mol. The number of carbonyl (C=O) groups excluding carboxylic acids is 1. The lowest BCUT2D eigenvalue weighted by molar-refractivity contribution is -0.145. The van der Waals surface area contributed by atoms with Crippen LogP contribution in [0.25, 0.3) is 0 Å². The Hall–Kier alpha value is -2.05. The number of aromatic nitrogens is 1. The van der Waals surface area contributed by atoms with Crippen LogP contribution in [0, 0.1) is 11.8 Å². The topological polar surface area (TPSA) is 80.0 Å². The van der Waals surface area contributed by atoms with E-state index in [1.54, 1.807) is 13.2 Å². The first-order chi connectivity index (χ1) is 11.3. The summed E-state index contributed by atoms with van der Waals surface area (Å²) in [4.78, 5) is 22.5. The fourth-order valence-corrected chi connectivity index (χ4v) is 2.82. The van der Waals surface area contributed by atoms with Gasteiger partial charge < -0.3 is 19.4 Å². The Kier molecular flexibility index (Phi) is 5.51.